The number of carbonyl (C=O) groups is 3. The Balaban J connectivity index is 1.68. The van der Waals surface area contributed by atoms with Crippen molar-refractivity contribution >= 4 is 40.8 Å². The number of esters is 1. The van der Waals surface area contributed by atoms with Gasteiger partial charge in [-0.2, -0.15) is 0 Å². The zero-order chi connectivity index (χ0) is 21.1. The van der Waals surface area contributed by atoms with E-state index in [9.17, 15) is 18.8 Å². The lowest BCUT2D eigenvalue weighted by atomic mass is 10.2. The molecule has 1 saturated heterocycles. The molecule has 0 aliphatic carbocycles. The molecule has 1 N–H and O–H groups in total. The van der Waals surface area contributed by atoms with E-state index in [4.69, 9.17) is 16.3 Å². The van der Waals surface area contributed by atoms with Crippen molar-refractivity contribution in [3.63, 3.8) is 0 Å². The number of hydrogen-bond acceptors (Lipinski definition) is 4. The molecule has 8 heteroatoms. The Labute approximate surface area is 172 Å². The fourth-order valence-corrected chi connectivity index (χ4v) is 3.17. The van der Waals surface area contributed by atoms with Crippen LogP contribution in [0.25, 0.3) is 0 Å². The molecule has 152 valence electrons. The minimum atomic E-state index is -1.11. The molecule has 1 atom stereocenters. The lowest BCUT2D eigenvalue weighted by Crippen LogP contribution is -2.30. The first-order chi connectivity index (χ1) is 13.8. The van der Waals surface area contributed by atoms with E-state index in [1.165, 1.54) is 42.2 Å². The van der Waals surface area contributed by atoms with Crippen molar-refractivity contribution in [1.82, 2.24) is 0 Å². The zero-order valence-electron chi connectivity index (χ0n) is 16.0. The van der Waals surface area contributed by atoms with Gasteiger partial charge in [-0.3, -0.25) is 9.59 Å². The van der Waals surface area contributed by atoms with Gasteiger partial charge in [-0.25, -0.2) is 9.18 Å². The normalized spacial score (nSPS) is 14.6. The molecular formula is C21H20ClFN2O4. The van der Waals surface area contributed by atoms with Gasteiger partial charge in [0.25, 0.3) is 5.91 Å². The highest BCUT2D eigenvalue weighted by molar-refractivity contribution is 6.34. The second kappa shape index (κ2) is 8.61. The Morgan fingerprint density at radius 3 is 2.66 bits per heavy atom. The van der Waals surface area contributed by atoms with Crippen LogP contribution in [0.3, 0.4) is 0 Å². The van der Waals surface area contributed by atoms with Crippen molar-refractivity contribution in [1.29, 1.82) is 0 Å². The lowest BCUT2D eigenvalue weighted by molar-refractivity contribution is -0.123. The Hall–Kier alpha value is -2.93. The highest BCUT2D eigenvalue weighted by Crippen LogP contribution is 2.30. The van der Waals surface area contributed by atoms with Crippen molar-refractivity contribution in [2.24, 2.45) is 0 Å². The molecule has 1 aliphatic rings. The largest absolute Gasteiger partial charge is 0.449 e. The summed E-state index contributed by atoms with van der Waals surface area (Å²) in [7, 11) is 0. The first kappa shape index (κ1) is 20.8. The van der Waals surface area contributed by atoms with Crippen LogP contribution in [-0.4, -0.2) is 30.4 Å². The molecule has 6 nitrogen and oxygen atoms in total. The minimum absolute atomic E-state index is 0.0597. The summed E-state index contributed by atoms with van der Waals surface area (Å²) in [5, 5.41) is 2.86. The van der Waals surface area contributed by atoms with Crippen molar-refractivity contribution in [3.8, 4) is 0 Å². The van der Waals surface area contributed by atoms with E-state index >= 15 is 0 Å². The van der Waals surface area contributed by atoms with E-state index in [2.05, 4.69) is 5.32 Å². The van der Waals surface area contributed by atoms with Gasteiger partial charge in [-0.15, -0.1) is 0 Å². The van der Waals surface area contributed by atoms with Gasteiger partial charge < -0.3 is 15.0 Å². The fraction of sp³-hybridized carbons (Fsp3) is 0.286. The maximum absolute atomic E-state index is 13.6. The summed E-state index contributed by atoms with van der Waals surface area (Å²) < 4.78 is 18.8. The van der Waals surface area contributed by atoms with Gasteiger partial charge >= 0.3 is 5.97 Å². The topological polar surface area (TPSA) is 75.7 Å². The Morgan fingerprint density at radius 2 is 2.00 bits per heavy atom. The van der Waals surface area contributed by atoms with Crippen LogP contribution in [0.4, 0.5) is 15.8 Å². The Morgan fingerprint density at radius 1 is 1.24 bits per heavy atom. The molecule has 0 bridgehead atoms. The van der Waals surface area contributed by atoms with Crippen molar-refractivity contribution < 1.29 is 23.5 Å². The Kier molecular flexibility index (Phi) is 6.17. The minimum Gasteiger partial charge on any atom is -0.449 e. The third-order valence-electron chi connectivity index (χ3n) is 4.64. The van der Waals surface area contributed by atoms with Gasteiger partial charge in [-0.1, -0.05) is 17.7 Å². The number of rotatable bonds is 5. The van der Waals surface area contributed by atoms with Crippen molar-refractivity contribution in [2.75, 3.05) is 16.8 Å². The number of halogens is 2. The first-order valence-corrected chi connectivity index (χ1v) is 9.52. The molecule has 1 fully saturated rings. The summed E-state index contributed by atoms with van der Waals surface area (Å²) in [4.78, 5) is 38.2. The average molecular weight is 419 g/mol. The van der Waals surface area contributed by atoms with E-state index in [1.54, 1.807) is 13.0 Å². The van der Waals surface area contributed by atoms with E-state index in [1.807, 2.05) is 0 Å². The van der Waals surface area contributed by atoms with E-state index in [0.717, 1.165) is 6.42 Å². The molecule has 2 aromatic carbocycles. The van der Waals surface area contributed by atoms with Crippen molar-refractivity contribution in [2.45, 2.75) is 32.8 Å². The molecule has 2 aromatic rings. The smallest absolute Gasteiger partial charge is 0.338 e. The van der Waals surface area contributed by atoms with Gasteiger partial charge in [0.05, 0.1) is 16.3 Å². The van der Waals surface area contributed by atoms with Gasteiger partial charge in [0, 0.05) is 18.7 Å². The molecule has 0 saturated carbocycles. The second-order valence-corrected chi connectivity index (χ2v) is 7.22. The SMILES string of the molecule is Cc1ccc(NC(=O)[C@H](C)OC(=O)c2ccc(Cl)c(N3CCCC3=O)c2)cc1F. The zero-order valence-corrected chi connectivity index (χ0v) is 16.8. The number of hydrogen-bond donors (Lipinski definition) is 1. The predicted octanol–water partition coefficient (Wildman–Crippen LogP) is 4.10. The maximum atomic E-state index is 13.6. The molecule has 3 rings (SSSR count). The van der Waals surface area contributed by atoms with Crippen LogP contribution >= 0.6 is 11.6 Å². The van der Waals surface area contributed by atoms with Gasteiger partial charge in [0.2, 0.25) is 5.91 Å². The molecular weight excluding hydrogens is 399 g/mol. The lowest BCUT2D eigenvalue weighted by Gasteiger charge is -2.19. The summed E-state index contributed by atoms with van der Waals surface area (Å²) in [6.45, 7) is 3.56. The molecule has 0 aromatic heterocycles. The fourth-order valence-electron chi connectivity index (χ4n) is 2.95. The Bertz CT molecular complexity index is 979. The van der Waals surface area contributed by atoms with Gasteiger partial charge in [0.1, 0.15) is 5.82 Å². The van der Waals surface area contributed by atoms with Crippen molar-refractivity contribution in [3.05, 3.63) is 58.4 Å². The quantitative estimate of drug-likeness (QED) is 0.742. The summed E-state index contributed by atoms with van der Waals surface area (Å²) in [5.41, 5.74) is 1.33. The monoisotopic (exact) mass is 418 g/mol. The number of benzene rings is 2. The highest BCUT2D eigenvalue weighted by atomic mass is 35.5. The van der Waals surface area contributed by atoms with Crippen LogP contribution in [0.2, 0.25) is 5.02 Å². The molecule has 1 aliphatic heterocycles. The van der Waals surface area contributed by atoms with E-state index < -0.39 is 23.8 Å². The molecule has 0 radical (unpaired) electrons. The van der Waals surface area contributed by atoms with Crippen LogP contribution < -0.4 is 10.2 Å². The molecule has 0 spiro atoms. The standard InChI is InChI=1S/C21H20ClFN2O4/c1-12-5-7-15(11-17(12)23)24-20(27)13(2)29-21(28)14-6-8-16(22)18(10-14)25-9-3-4-19(25)26/h5-8,10-11,13H,3-4,9H2,1-2H3,(H,24,27)/t13-/m0/s1. The predicted molar refractivity (Wildman–Crippen MR) is 108 cm³/mol. The molecule has 29 heavy (non-hydrogen) atoms. The maximum Gasteiger partial charge on any atom is 0.338 e. The van der Waals surface area contributed by atoms with Crippen LogP contribution in [0.15, 0.2) is 36.4 Å². The number of nitrogens with zero attached hydrogens (tertiary/aromatic N) is 1. The third kappa shape index (κ3) is 4.74. The summed E-state index contributed by atoms with van der Waals surface area (Å²) >= 11 is 6.18. The van der Waals surface area contributed by atoms with Gasteiger partial charge in [-0.05, 0) is 56.2 Å². The van der Waals surface area contributed by atoms with E-state index in [-0.39, 0.29) is 17.2 Å². The molecule has 1 heterocycles. The first-order valence-electron chi connectivity index (χ1n) is 9.14. The number of amides is 2. The van der Waals surface area contributed by atoms with Crippen LogP contribution in [0.5, 0.6) is 0 Å². The summed E-state index contributed by atoms with van der Waals surface area (Å²) in [6, 6.07) is 8.75. The third-order valence-corrected chi connectivity index (χ3v) is 4.96. The molecule has 2 amide bonds. The summed E-state index contributed by atoms with van der Waals surface area (Å²) in [5.74, 6) is -1.83. The van der Waals surface area contributed by atoms with Gasteiger partial charge in [0.15, 0.2) is 6.10 Å². The molecule has 0 unspecified atom stereocenters. The average Bonchev–Trinajstić information content (AvgIpc) is 3.10. The second-order valence-electron chi connectivity index (χ2n) is 6.82. The number of anilines is 2. The number of ether oxygens (including phenoxy) is 1. The number of carbonyl (C=O) groups excluding carboxylic acids is 3. The summed E-state index contributed by atoms with van der Waals surface area (Å²) in [6.07, 6.45) is 0.0436. The van der Waals surface area contributed by atoms with Crippen LogP contribution in [0.1, 0.15) is 35.7 Å². The van der Waals surface area contributed by atoms with E-state index in [0.29, 0.717) is 29.2 Å². The van der Waals surface area contributed by atoms with Crippen LogP contribution in [0, 0.1) is 12.7 Å². The van der Waals surface area contributed by atoms with Crippen LogP contribution in [-0.2, 0) is 14.3 Å². The number of aryl methyl sites for hydroxylation is 1. The highest BCUT2D eigenvalue weighted by Gasteiger charge is 2.25. The number of nitrogens with one attached hydrogen (secondary N) is 1.